The van der Waals surface area contributed by atoms with E-state index in [-0.39, 0.29) is 12.0 Å². The van der Waals surface area contributed by atoms with Crippen LogP contribution in [-0.2, 0) is 9.53 Å². The van der Waals surface area contributed by atoms with Crippen molar-refractivity contribution in [2.45, 2.75) is 45.6 Å². The summed E-state index contributed by atoms with van der Waals surface area (Å²) in [5.74, 6) is 0.739. The zero-order chi connectivity index (χ0) is 14.8. The van der Waals surface area contributed by atoms with E-state index in [4.69, 9.17) is 15.2 Å². The first-order valence-corrected chi connectivity index (χ1v) is 7.28. The number of unbranched alkanes of at least 4 members (excludes halogenated alkanes) is 2. The number of hydrogen-bond acceptors (Lipinski definition) is 4. The molecule has 0 aliphatic rings. The van der Waals surface area contributed by atoms with E-state index in [9.17, 15) is 4.79 Å². The standard InChI is InChI=1S/C16H25NO3/c1-3-19-16(18)11-5-4-8-12-20-15-10-7-6-9-14(15)13(2)17/h6-7,9-10,13H,3-5,8,11-12,17H2,1-2H3/t13-/m0/s1. The first kappa shape index (κ1) is 16.5. The van der Waals surface area contributed by atoms with Gasteiger partial charge >= 0.3 is 5.97 Å². The number of benzene rings is 1. The van der Waals surface area contributed by atoms with Gasteiger partial charge in [0.2, 0.25) is 0 Å². The number of para-hydroxylation sites is 1. The van der Waals surface area contributed by atoms with Crippen LogP contribution in [0.5, 0.6) is 5.75 Å². The molecule has 0 fully saturated rings. The number of carbonyl (C=O) groups is 1. The van der Waals surface area contributed by atoms with Gasteiger partial charge in [0.05, 0.1) is 13.2 Å². The molecular formula is C16H25NO3. The Hall–Kier alpha value is -1.55. The first-order chi connectivity index (χ1) is 9.65. The molecule has 0 aliphatic carbocycles. The molecule has 0 amide bonds. The van der Waals surface area contributed by atoms with Gasteiger partial charge in [-0.3, -0.25) is 4.79 Å². The van der Waals surface area contributed by atoms with Gasteiger partial charge in [0.25, 0.3) is 0 Å². The molecule has 1 rings (SSSR count). The normalized spacial score (nSPS) is 11.9. The van der Waals surface area contributed by atoms with Crippen LogP contribution in [0.25, 0.3) is 0 Å². The number of rotatable bonds is 9. The summed E-state index contributed by atoms with van der Waals surface area (Å²) in [5.41, 5.74) is 6.92. The minimum Gasteiger partial charge on any atom is -0.493 e. The number of carbonyl (C=O) groups excluding carboxylic acids is 1. The van der Waals surface area contributed by atoms with E-state index in [0.29, 0.717) is 19.6 Å². The lowest BCUT2D eigenvalue weighted by Gasteiger charge is -2.13. The van der Waals surface area contributed by atoms with Crippen LogP contribution < -0.4 is 10.5 Å². The van der Waals surface area contributed by atoms with E-state index in [1.165, 1.54) is 0 Å². The Morgan fingerprint density at radius 1 is 1.25 bits per heavy atom. The van der Waals surface area contributed by atoms with Gasteiger partial charge in [-0.05, 0) is 39.2 Å². The molecule has 0 heterocycles. The van der Waals surface area contributed by atoms with Crippen LogP contribution in [0.3, 0.4) is 0 Å². The maximum Gasteiger partial charge on any atom is 0.305 e. The summed E-state index contributed by atoms with van der Waals surface area (Å²) in [6.07, 6.45) is 3.22. The Labute approximate surface area is 121 Å². The van der Waals surface area contributed by atoms with Gasteiger partial charge in [0, 0.05) is 18.0 Å². The average Bonchev–Trinajstić information content (AvgIpc) is 2.43. The van der Waals surface area contributed by atoms with Crippen LogP contribution in [0.2, 0.25) is 0 Å². The molecular weight excluding hydrogens is 254 g/mol. The fourth-order valence-corrected chi connectivity index (χ4v) is 1.95. The van der Waals surface area contributed by atoms with Crippen LogP contribution in [0, 0.1) is 0 Å². The Morgan fingerprint density at radius 2 is 2.00 bits per heavy atom. The predicted octanol–water partition coefficient (Wildman–Crippen LogP) is 3.21. The molecule has 1 atom stereocenters. The van der Waals surface area contributed by atoms with Crippen molar-refractivity contribution >= 4 is 5.97 Å². The van der Waals surface area contributed by atoms with Gasteiger partial charge in [-0.15, -0.1) is 0 Å². The summed E-state index contributed by atoms with van der Waals surface area (Å²) in [7, 11) is 0. The molecule has 1 aromatic carbocycles. The van der Waals surface area contributed by atoms with E-state index in [1.54, 1.807) is 0 Å². The van der Waals surface area contributed by atoms with Crippen LogP contribution in [0.15, 0.2) is 24.3 Å². The minimum absolute atomic E-state index is 0.0324. The third-order valence-electron chi connectivity index (χ3n) is 3.00. The van der Waals surface area contributed by atoms with E-state index >= 15 is 0 Å². The minimum atomic E-state index is -0.115. The van der Waals surface area contributed by atoms with Gasteiger partial charge in [-0.25, -0.2) is 0 Å². The van der Waals surface area contributed by atoms with Gasteiger partial charge in [-0.2, -0.15) is 0 Å². The quantitative estimate of drug-likeness (QED) is 0.557. The molecule has 1 aromatic rings. The van der Waals surface area contributed by atoms with Crippen molar-refractivity contribution in [1.82, 2.24) is 0 Å². The van der Waals surface area contributed by atoms with Crippen molar-refractivity contribution in [3.8, 4) is 5.75 Å². The zero-order valence-electron chi connectivity index (χ0n) is 12.4. The molecule has 0 bridgehead atoms. The highest BCUT2D eigenvalue weighted by molar-refractivity contribution is 5.69. The molecule has 0 unspecified atom stereocenters. The van der Waals surface area contributed by atoms with Crippen LogP contribution in [-0.4, -0.2) is 19.2 Å². The maximum absolute atomic E-state index is 11.1. The van der Waals surface area contributed by atoms with Gasteiger partial charge < -0.3 is 15.2 Å². The predicted molar refractivity (Wildman–Crippen MR) is 79.6 cm³/mol. The molecule has 4 heteroatoms. The third kappa shape index (κ3) is 6.06. The van der Waals surface area contributed by atoms with Crippen molar-refractivity contribution in [1.29, 1.82) is 0 Å². The zero-order valence-corrected chi connectivity index (χ0v) is 12.4. The van der Waals surface area contributed by atoms with Crippen molar-refractivity contribution in [3.63, 3.8) is 0 Å². The van der Waals surface area contributed by atoms with Crippen LogP contribution in [0.4, 0.5) is 0 Å². The van der Waals surface area contributed by atoms with Gasteiger partial charge in [-0.1, -0.05) is 18.2 Å². The lowest BCUT2D eigenvalue weighted by Crippen LogP contribution is -2.08. The van der Waals surface area contributed by atoms with Crippen LogP contribution >= 0.6 is 0 Å². The molecule has 20 heavy (non-hydrogen) atoms. The van der Waals surface area contributed by atoms with E-state index in [1.807, 2.05) is 38.1 Å². The average molecular weight is 279 g/mol. The van der Waals surface area contributed by atoms with Crippen molar-refractivity contribution < 1.29 is 14.3 Å². The maximum atomic E-state index is 11.1. The molecule has 112 valence electrons. The number of nitrogens with two attached hydrogens (primary N) is 1. The monoisotopic (exact) mass is 279 g/mol. The smallest absolute Gasteiger partial charge is 0.305 e. The highest BCUT2D eigenvalue weighted by Gasteiger charge is 2.06. The molecule has 0 aliphatic heterocycles. The second-order valence-corrected chi connectivity index (χ2v) is 4.79. The Bertz CT molecular complexity index is 404. The Kier molecular flexibility index (Phi) is 7.73. The van der Waals surface area contributed by atoms with Crippen molar-refractivity contribution in [2.75, 3.05) is 13.2 Å². The van der Waals surface area contributed by atoms with Crippen molar-refractivity contribution in [3.05, 3.63) is 29.8 Å². The molecule has 0 spiro atoms. The summed E-state index contributed by atoms with van der Waals surface area (Å²) in [5, 5.41) is 0. The topological polar surface area (TPSA) is 61.5 Å². The highest BCUT2D eigenvalue weighted by atomic mass is 16.5. The fourth-order valence-electron chi connectivity index (χ4n) is 1.95. The summed E-state index contributed by atoms with van der Waals surface area (Å²) < 4.78 is 10.6. The molecule has 0 radical (unpaired) electrons. The van der Waals surface area contributed by atoms with Gasteiger partial charge in [0.15, 0.2) is 0 Å². The third-order valence-corrected chi connectivity index (χ3v) is 3.00. The van der Waals surface area contributed by atoms with E-state index in [2.05, 4.69) is 0 Å². The molecule has 0 saturated heterocycles. The molecule has 0 aromatic heterocycles. The van der Waals surface area contributed by atoms with Crippen LogP contribution in [0.1, 0.15) is 51.1 Å². The molecule has 0 saturated carbocycles. The summed E-state index contributed by atoms with van der Waals surface area (Å²) in [6.45, 7) is 4.87. The van der Waals surface area contributed by atoms with E-state index in [0.717, 1.165) is 30.6 Å². The second kappa shape index (κ2) is 9.37. The number of hydrogen-bond donors (Lipinski definition) is 1. The molecule has 2 N–H and O–H groups in total. The second-order valence-electron chi connectivity index (χ2n) is 4.79. The summed E-state index contributed by atoms with van der Waals surface area (Å²) >= 11 is 0. The molecule has 4 nitrogen and oxygen atoms in total. The Balaban J connectivity index is 2.20. The number of ether oxygens (including phenoxy) is 2. The summed E-state index contributed by atoms with van der Waals surface area (Å²) in [4.78, 5) is 11.1. The Morgan fingerprint density at radius 3 is 2.70 bits per heavy atom. The van der Waals surface area contributed by atoms with E-state index < -0.39 is 0 Å². The lowest BCUT2D eigenvalue weighted by molar-refractivity contribution is -0.143. The number of esters is 1. The SMILES string of the molecule is CCOC(=O)CCCCCOc1ccccc1[C@H](C)N. The lowest BCUT2D eigenvalue weighted by atomic mass is 10.1. The fraction of sp³-hybridized carbons (Fsp3) is 0.562. The van der Waals surface area contributed by atoms with Crippen molar-refractivity contribution in [2.24, 2.45) is 5.73 Å². The van der Waals surface area contributed by atoms with Gasteiger partial charge in [0.1, 0.15) is 5.75 Å². The largest absolute Gasteiger partial charge is 0.493 e. The summed E-state index contributed by atoms with van der Waals surface area (Å²) in [6, 6.07) is 7.81. The first-order valence-electron chi connectivity index (χ1n) is 7.28. The highest BCUT2D eigenvalue weighted by Crippen LogP contribution is 2.23.